The highest BCUT2D eigenvalue weighted by atomic mass is 32.1. The Morgan fingerprint density at radius 2 is 2.62 bits per heavy atom. The summed E-state index contributed by atoms with van der Waals surface area (Å²) in [6.45, 7) is 4.00. The minimum atomic E-state index is 0.532. The van der Waals surface area contributed by atoms with E-state index >= 15 is 0 Å². The van der Waals surface area contributed by atoms with E-state index in [1.807, 2.05) is 0 Å². The van der Waals surface area contributed by atoms with Crippen LogP contribution in [0.25, 0.3) is 0 Å². The summed E-state index contributed by atoms with van der Waals surface area (Å²) in [4.78, 5) is 1.33. The van der Waals surface area contributed by atoms with Gasteiger partial charge in [-0.3, -0.25) is 0 Å². The summed E-state index contributed by atoms with van der Waals surface area (Å²) in [5, 5.41) is 5.60. The van der Waals surface area contributed by atoms with Gasteiger partial charge in [-0.2, -0.15) is 0 Å². The third-order valence-corrected chi connectivity index (χ3v) is 3.24. The molecule has 0 fully saturated rings. The Balaban J connectivity index is 2.00. The fourth-order valence-corrected chi connectivity index (χ4v) is 2.37. The fourth-order valence-electron chi connectivity index (χ4n) is 1.61. The van der Waals surface area contributed by atoms with Crippen LogP contribution < -0.4 is 10.1 Å². The van der Waals surface area contributed by atoms with Crippen molar-refractivity contribution in [1.29, 1.82) is 0 Å². The van der Waals surface area contributed by atoms with Gasteiger partial charge in [-0.05, 0) is 17.9 Å². The maximum atomic E-state index is 5.70. The van der Waals surface area contributed by atoms with Crippen LogP contribution in [0.2, 0.25) is 0 Å². The van der Waals surface area contributed by atoms with Crippen molar-refractivity contribution in [3.8, 4) is 5.75 Å². The van der Waals surface area contributed by atoms with Crippen molar-refractivity contribution in [1.82, 2.24) is 5.32 Å². The third-order valence-electron chi connectivity index (χ3n) is 2.33. The number of ether oxygens (including phenoxy) is 1. The van der Waals surface area contributed by atoms with Crippen molar-refractivity contribution in [2.24, 2.45) is 0 Å². The SMILES string of the molecule is CCC[C@H]1COc2ccsc2CN1. The van der Waals surface area contributed by atoms with Gasteiger partial charge in [-0.1, -0.05) is 13.3 Å². The van der Waals surface area contributed by atoms with E-state index in [-0.39, 0.29) is 0 Å². The van der Waals surface area contributed by atoms with Crippen LogP contribution in [-0.4, -0.2) is 12.6 Å². The molecule has 0 aliphatic carbocycles. The zero-order valence-electron chi connectivity index (χ0n) is 7.88. The number of thiophene rings is 1. The number of hydrogen-bond acceptors (Lipinski definition) is 3. The first-order chi connectivity index (χ1) is 6.40. The largest absolute Gasteiger partial charge is 0.491 e. The summed E-state index contributed by atoms with van der Waals surface area (Å²) >= 11 is 1.77. The second-order valence-electron chi connectivity index (χ2n) is 3.39. The van der Waals surface area contributed by atoms with E-state index in [4.69, 9.17) is 4.74 Å². The minimum absolute atomic E-state index is 0.532. The molecule has 0 saturated carbocycles. The molecule has 1 aromatic rings. The van der Waals surface area contributed by atoms with Crippen LogP contribution >= 0.6 is 11.3 Å². The van der Waals surface area contributed by atoms with Crippen LogP contribution in [0.4, 0.5) is 0 Å². The lowest BCUT2D eigenvalue weighted by Crippen LogP contribution is -2.31. The van der Waals surface area contributed by atoms with Crippen molar-refractivity contribution < 1.29 is 4.74 Å². The Labute approximate surface area is 82.9 Å². The van der Waals surface area contributed by atoms with Gasteiger partial charge in [-0.25, -0.2) is 0 Å². The van der Waals surface area contributed by atoms with Crippen LogP contribution in [0.15, 0.2) is 11.4 Å². The Morgan fingerprint density at radius 1 is 1.69 bits per heavy atom. The zero-order chi connectivity index (χ0) is 9.10. The van der Waals surface area contributed by atoms with E-state index in [9.17, 15) is 0 Å². The first-order valence-corrected chi connectivity index (χ1v) is 5.70. The maximum absolute atomic E-state index is 5.70. The topological polar surface area (TPSA) is 21.3 Å². The molecular formula is C10H15NOS. The number of hydrogen-bond donors (Lipinski definition) is 1. The molecule has 2 heterocycles. The van der Waals surface area contributed by atoms with E-state index < -0.39 is 0 Å². The van der Waals surface area contributed by atoms with Gasteiger partial charge >= 0.3 is 0 Å². The van der Waals surface area contributed by atoms with E-state index in [0.717, 1.165) is 18.9 Å². The average Bonchev–Trinajstić information content (AvgIpc) is 2.50. The highest BCUT2D eigenvalue weighted by Gasteiger charge is 2.15. The van der Waals surface area contributed by atoms with Gasteiger partial charge in [0, 0.05) is 12.6 Å². The molecule has 13 heavy (non-hydrogen) atoms. The molecule has 0 radical (unpaired) electrons. The average molecular weight is 197 g/mol. The summed E-state index contributed by atoms with van der Waals surface area (Å²) in [6.07, 6.45) is 2.42. The van der Waals surface area contributed by atoms with Gasteiger partial charge in [0.15, 0.2) is 0 Å². The Bertz CT molecular complexity index is 249. The molecule has 1 aliphatic rings. The molecule has 1 aromatic heterocycles. The second kappa shape index (κ2) is 4.11. The first kappa shape index (κ1) is 9.03. The smallest absolute Gasteiger partial charge is 0.134 e. The highest BCUT2D eigenvalue weighted by molar-refractivity contribution is 7.10. The lowest BCUT2D eigenvalue weighted by Gasteiger charge is -2.13. The molecule has 2 rings (SSSR count). The number of nitrogens with one attached hydrogen (secondary N) is 1. The van der Waals surface area contributed by atoms with E-state index in [2.05, 4.69) is 23.7 Å². The number of fused-ring (bicyclic) bond motifs is 1. The highest BCUT2D eigenvalue weighted by Crippen LogP contribution is 2.26. The molecule has 1 N–H and O–H groups in total. The molecule has 3 heteroatoms. The summed E-state index contributed by atoms with van der Waals surface area (Å²) in [7, 11) is 0. The maximum Gasteiger partial charge on any atom is 0.134 e. The lowest BCUT2D eigenvalue weighted by molar-refractivity contribution is 0.270. The Kier molecular flexibility index (Phi) is 2.86. The van der Waals surface area contributed by atoms with Crippen LogP contribution in [0, 0.1) is 0 Å². The van der Waals surface area contributed by atoms with Crippen molar-refractivity contribution in [2.45, 2.75) is 32.4 Å². The summed E-state index contributed by atoms with van der Waals surface area (Å²) in [5.74, 6) is 1.08. The van der Waals surface area contributed by atoms with E-state index in [0.29, 0.717) is 6.04 Å². The van der Waals surface area contributed by atoms with Gasteiger partial charge in [-0.15, -0.1) is 11.3 Å². The summed E-state index contributed by atoms with van der Waals surface area (Å²) in [5.41, 5.74) is 0. The molecule has 2 nitrogen and oxygen atoms in total. The monoisotopic (exact) mass is 197 g/mol. The molecule has 0 saturated heterocycles. The molecule has 0 bridgehead atoms. The van der Waals surface area contributed by atoms with Gasteiger partial charge in [0.2, 0.25) is 0 Å². The predicted octanol–water partition coefficient (Wildman–Crippen LogP) is 2.40. The molecule has 0 spiro atoms. The number of rotatable bonds is 2. The Morgan fingerprint density at radius 3 is 3.46 bits per heavy atom. The van der Waals surface area contributed by atoms with Crippen LogP contribution in [0.3, 0.4) is 0 Å². The summed E-state index contributed by atoms with van der Waals surface area (Å²) < 4.78 is 5.70. The van der Waals surface area contributed by atoms with Crippen LogP contribution in [-0.2, 0) is 6.54 Å². The molecule has 1 aliphatic heterocycles. The van der Waals surface area contributed by atoms with Gasteiger partial charge in [0.25, 0.3) is 0 Å². The second-order valence-corrected chi connectivity index (χ2v) is 4.39. The Hall–Kier alpha value is -0.540. The van der Waals surface area contributed by atoms with Crippen LogP contribution in [0.5, 0.6) is 5.75 Å². The summed E-state index contributed by atoms with van der Waals surface area (Å²) in [6, 6.07) is 2.60. The molecule has 1 atom stereocenters. The van der Waals surface area contributed by atoms with Crippen molar-refractivity contribution in [2.75, 3.05) is 6.61 Å². The van der Waals surface area contributed by atoms with E-state index in [1.165, 1.54) is 17.7 Å². The zero-order valence-corrected chi connectivity index (χ0v) is 8.69. The normalized spacial score (nSPS) is 21.8. The third kappa shape index (κ3) is 2.03. The minimum Gasteiger partial charge on any atom is -0.491 e. The molecule has 0 unspecified atom stereocenters. The molecular weight excluding hydrogens is 182 g/mol. The first-order valence-electron chi connectivity index (χ1n) is 4.82. The van der Waals surface area contributed by atoms with Gasteiger partial charge in [0.1, 0.15) is 12.4 Å². The van der Waals surface area contributed by atoms with Crippen LogP contribution in [0.1, 0.15) is 24.6 Å². The lowest BCUT2D eigenvalue weighted by atomic mass is 10.2. The van der Waals surface area contributed by atoms with Crippen molar-refractivity contribution >= 4 is 11.3 Å². The van der Waals surface area contributed by atoms with E-state index in [1.54, 1.807) is 11.3 Å². The quantitative estimate of drug-likeness (QED) is 0.786. The van der Waals surface area contributed by atoms with Crippen molar-refractivity contribution in [3.63, 3.8) is 0 Å². The standard InChI is InChI=1S/C10H15NOS/c1-2-3-8-7-12-9-4-5-13-10(9)6-11-8/h4-5,8,11H,2-3,6-7H2,1H3/t8-/m0/s1. The molecule has 72 valence electrons. The van der Waals surface area contributed by atoms with Gasteiger partial charge < -0.3 is 10.1 Å². The van der Waals surface area contributed by atoms with Crippen molar-refractivity contribution in [3.05, 3.63) is 16.3 Å². The van der Waals surface area contributed by atoms with Gasteiger partial charge in [0.05, 0.1) is 4.88 Å². The fraction of sp³-hybridized carbons (Fsp3) is 0.600. The molecule has 0 amide bonds. The predicted molar refractivity (Wildman–Crippen MR) is 55.3 cm³/mol. The molecule has 0 aromatic carbocycles.